The van der Waals surface area contributed by atoms with E-state index in [2.05, 4.69) is 4.74 Å². The summed E-state index contributed by atoms with van der Waals surface area (Å²) in [5.41, 5.74) is -5.69. The van der Waals surface area contributed by atoms with Crippen LogP contribution in [0.2, 0.25) is 0 Å². The number of carbonyl (C=O) groups is 1. The van der Waals surface area contributed by atoms with E-state index in [4.69, 9.17) is 5.26 Å². The van der Waals surface area contributed by atoms with E-state index < -0.39 is 39.5 Å². The van der Waals surface area contributed by atoms with E-state index in [1.165, 1.54) is 6.07 Å². The first-order valence-corrected chi connectivity index (χ1v) is 5.18. The Bertz CT molecular complexity index is 522. The van der Waals surface area contributed by atoms with Crippen molar-refractivity contribution in [1.29, 1.82) is 5.26 Å². The van der Waals surface area contributed by atoms with Gasteiger partial charge in [-0.15, -0.1) is 0 Å². The summed E-state index contributed by atoms with van der Waals surface area (Å²) in [5.74, 6) is -2.26. The second-order valence-electron chi connectivity index (χ2n) is 2.99. The predicted octanol–water partition coefficient (Wildman–Crippen LogP) is 3.10. The average molecular weight is 279 g/mol. The van der Waals surface area contributed by atoms with Gasteiger partial charge >= 0.3 is 11.5 Å². The first-order valence-electron chi connectivity index (χ1n) is 4.36. The number of alkyl halides is 3. The lowest BCUT2D eigenvalue weighted by Gasteiger charge is -2.09. The summed E-state index contributed by atoms with van der Waals surface area (Å²) >= 11 is -0.735. The summed E-state index contributed by atoms with van der Waals surface area (Å²) in [7, 11) is 1.02. The van der Waals surface area contributed by atoms with Crippen LogP contribution in [0.5, 0.6) is 0 Å². The van der Waals surface area contributed by atoms with E-state index in [-0.39, 0.29) is 5.56 Å². The molecule has 0 heterocycles. The number of nitriles is 1. The zero-order valence-corrected chi connectivity index (χ0v) is 9.66. The number of hydrogen-bond donors (Lipinski definition) is 0. The molecule has 0 saturated carbocycles. The maximum absolute atomic E-state index is 13.5. The van der Waals surface area contributed by atoms with Gasteiger partial charge in [0.2, 0.25) is 0 Å². The molecule has 0 atom stereocenters. The second-order valence-corrected chi connectivity index (χ2v) is 4.09. The number of ether oxygens (including phenoxy) is 1. The number of nitrogens with zero attached hydrogens (tertiary/aromatic N) is 1. The van der Waals surface area contributed by atoms with E-state index in [0.29, 0.717) is 6.07 Å². The van der Waals surface area contributed by atoms with Crippen LogP contribution in [0.3, 0.4) is 0 Å². The van der Waals surface area contributed by atoms with Crippen molar-refractivity contribution < 1.29 is 27.1 Å². The van der Waals surface area contributed by atoms with Crippen LogP contribution in [0, 0.1) is 17.1 Å². The van der Waals surface area contributed by atoms with E-state index >= 15 is 0 Å². The quantitative estimate of drug-likeness (QED) is 0.474. The normalized spacial score (nSPS) is 10.9. The first-order chi connectivity index (χ1) is 8.28. The molecule has 18 heavy (non-hydrogen) atoms. The number of rotatable bonds is 2. The standard InChI is InChI=1S/C10H5F4NO2S/c1-17-9(16)5-2-6(4-15)8(11)7(3-5)18-10(12,13)14/h2-3H,1H3. The number of methoxy groups -OCH3 is 1. The monoisotopic (exact) mass is 279 g/mol. The molecule has 0 amide bonds. The topological polar surface area (TPSA) is 50.1 Å². The molecule has 0 bridgehead atoms. The van der Waals surface area contributed by atoms with Crippen molar-refractivity contribution in [3.63, 3.8) is 0 Å². The Morgan fingerprint density at radius 2 is 2.06 bits per heavy atom. The number of benzene rings is 1. The Balaban J connectivity index is 3.33. The minimum atomic E-state index is -4.72. The van der Waals surface area contributed by atoms with Crippen molar-refractivity contribution in [1.82, 2.24) is 0 Å². The molecule has 0 radical (unpaired) electrons. The van der Waals surface area contributed by atoms with Crippen molar-refractivity contribution in [3.05, 3.63) is 29.1 Å². The highest BCUT2D eigenvalue weighted by Gasteiger charge is 2.32. The van der Waals surface area contributed by atoms with Crippen molar-refractivity contribution in [2.45, 2.75) is 10.4 Å². The van der Waals surface area contributed by atoms with Crippen LogP contribution in [0.4, 0.5) is 17.6 Å². The molecule has 0 aliphatic rings. The van der Waals surface area contributed by atoms with Gasteiger partial charge in [-0.25, -0.2) is 9.18 Å². The summed E-state index contributed by atoms with van der Waals surface area (Å²) in [4.78, 5) is 10.3. The SMILES string of the molecule is COC(=O)c1cc(C#N)c(F)c(SC(F)(F)F)c1. The number of esters is 1. The fraction of sp³-hybridized carbons (Fsp3) is 0.200. The van der Waals surface area contributed by atoms with Crippen LogP contribution in [0.15, 0.2) is 17.0 Å². The molecule has 1 rings (SSSR count). The van der Waals surface area contributed by atoms with Crippen LogP contribution >= 0.6 is 11.8 Å². The number of hydrogen-bond acceptors (Lipinski definition) is 4. The minimum absolute atomic E-state index is 0.317. The summed E-state index contributed by atoms with van der Waals surface area (Å²) in [6.45, 7) is 0. The van der Waals surface area contributed by atoms with Crippen LogP contribution in [-0.4, -0.2) is 18.6 Å². The molecule has 0 aliphatic heterocycles. The Morgan fingerprint density at radius 1 is 1.44 bits per heavy atom. The molecule has 3 nitrogen and oxygen atoms in total. The third-order valence-corrected chi connectivity index (χ3v) is 2.55. The highest BCUT2D eigenvalue weighted by Crippen LogP contribution is 2.39. The van der Waals surface area contributed by atoms with Crippen LogP contribution in [-0.2, 0) is 4.74 Å². The van der Waals surface area contributed by atoms with Gasteiger partial charge in [0.25, 0.3) is 0 Å². The lowest BCUT2D eigenvalue weighted by atomic mass is 10.1. The predicted molar refractivity (Wildman–Crippen MR) is 54.4 cm³/mol. The zero-order valence-electron chi connectivity index (χ0n) is 8.84. The van der Waals surface area contributed by atoms with Crippen LogP contribution in [0.1, 0.15) is 15.9 Å². The van der Waals surface area contributed by atoms with Gasteiger partial charge in [0.05, 0.1) is 23.1 Å². The van der Waals surface area contributed by atoms with Crippen molar-refractivity contribution in [2.75, 3.05) is 7.11 Å². The minimum Gasteiger partial charge on any atom is -0.465 e. The molecule has 1 aromatic carbocycles. The number of thioether (sulfide) groups is 1. The van der Waals surface area contributed by atoms with E-state index in [0.717, 1.165) is 13.2 Å². The Morgan fingerprint density at radius 3 is 2.50 bits per heavy atom. The van der Waals surface area contributed by atoms with Gasteiger partial charge in [-0.2, -0.15) is 18.4 Å². The van der Waals surface area contributed by atoms with E-state index in [1.54, 1.807) is 0 Å². The highest BCUT2D eigenvalue weighted by molar-refractivity contribution is 8.00. The second kappa shape index (κ2) is 5.27. The van der Waals surface area contributed by atoms with Gasteiger partial charge < -0.3 is 4.74 Å². The molecule has 0 N–H and O–H groups in total. The average Bonchev–Trinajstić information content (AvgIpc) is 2.29. The number of halogens is 4. The smallest absolute Gasteiger partial charge is 0.446 e. The summed E-state index contributed by atoms with van der Waals surface area (Å²) < 4.78 is 54.3. The van der Waals surface area contributed by atoms with Crippen LogP contribution < -0.4 is 0 Å². The molecule has 0 fully saturated rings. The van der Waals surface area contributed by atoms with Gasteiger partial charge in [-0.3, -0.25) is 0 Å². The molecule has 96 valence electrons. The fourth-order valence-electron chi connectivity index (χ4n) is 1.11. The van der Waals surface area contributed by atoms with Gasteiger partial charge in [-0.1, -0.05) is 0 Å². The maximum atomic E-state index is 13.5. The molecule has 0 saturated heterocycles. The van der Waals surface area contributed by atoms with Crippen molar-refractivity contribution in [3.8, 4) is 6.07 Å². The third-order valence-electron chi connectivity index (χ3n) is 1.81. The third kappa shape index (κ3) is 3.37. The van der Waals surface area contributed by atoms with Gasteiger partial charge in [0.1, 0.15) is 6.07 Å². The molecule has 0 spiro atoms. The van der Waals surface area contributed by atoms with E-state index in [9.17, 15) is 22.4 Å². The highest BCUT2D eigenvalue weighted by atomic mass is 32.2. The summed E-state index contributed by atoms with van der Waals surface area (Å²) in [5, 5.41) is 8.59. The largest absolute Gasteiger partial charge is 0.465 e. The van der Waals surface area contributed by atoms with E-state index in [1.807, 2.05) is 0 Å². The Hall–Kier alpha value is -1.75. The fourth-order valence-corrected chi connectivity index (χ4v) is 1.75. The lowest BCUT2D eigenvalue weighted by molar-refractivity contribution is -0.0329. The van der Waals surface area contributed by atoms with Gasteiger partial charge in [-0.05, 0) is 23.9 Å². The molecular formula is C10H5F4NO2S. The molecule has 0 aliphatic carbocycles. The van der Waals surface area contributed by atoms with Gasteiger partial charge in [0, 0.05) is 0 Å². The Labute approximate surface area is 103 Å². The molecule has 0 aromatic heterocycles. The summed E-state index contributed by atoms with van der Waals surface area (Å²) in [6.07, 6.45) is 0. The first kappa shape index (κ1) is 14.3. The van der Waals surface area contributed by atoms with Crippen molar-refractivity contribution >= 4 is 17.7 Å². The van der Waals surface area contributed by atoms with Gasteiger partial charge in [0.15, 0.2) is 5.82 Å². The summed E-state index contributed by atoms with van der Waals surface area (Å²) in [6, 6.07) is 2.91. The molecule has 8 heteroatoms. The lowest BCUT2D eigenvalue weighted by Crippen LogP contribution is -2.06. The number of carbonyl (C=O) groups excluding carboxylic acids is 1. The maximum Gasteiger partial charge on any atom is 0.446 e. The zero-order chi connectivity index (χ0) is 13.9. The molecule has 1 aromatic rings. The Kier molecular flexibility index (Phi) is 4.19. The van der Waals surface area contributed by atoms with Crippen molar-refractivity contribution in [2.24, 2.45) is 0 Å². The molecular weight excluding hydrogens is 274 g/mol. The molecule has 0 unspecified atom stereocenters. The van der Waals surface area contributed by atoms with Crippen LogP contribution in [0.25, 0.3) is 0 Å².